The number of benzene rings is 1. The van der Waals surface area contributed by atoms with Gasteiger partial charge in [0.15, 0.2) is 0 Å². The van der Waals surface area contributed by atoms with Gasteiger partial charge in [0, 0.05) is 19.8 Å². The molecule has 0 amide bonds. The lowest BCUT2D eigenvalue weighted by atomic mass is 10.1. The lowest BCUT2D eigenvalue weighted by molar-refractivity contribution is 0.750. The molecule has 0 unspecified atom stereocenters. The predicted molar refractivity (Wildman–Crippen MR) is 78.1 cm³/mol. The molecule has 1 N–H and O–H groups in total. The van der Waals surface area contributed by atoms with Crippen molar-refractivity contribution in [3.8, 4) is 0 Å². The van der Waals surface area contributed by atoms with E-state index in [9.17, 15) is 0 Å². The van der Waals surface area contributed by atoms with Crippen LogP contribution in [0.25, 0.3) is 0 Å². The summed E-state index contributed by atoms with van der Waals surface area (Å²) in [5.74, 6) is 1.76. The molecule has 0 saturated heterocycles. The molecule has 19 heavy (non-hydrogen) atoms. The van der Waals surface area contributed by atoms with Gasteiger partial charge in [-0.2, -0.15) is 0 Å². The van der Waals surface area contributed by atoms with Crippen LogP contribution in [0.5, 0.6) is 0 Å². The van der Waals surface area contributed by atoms with Crippen LogP contribution in [0.15, 0.2) is 36.5 Å². The van der Waals surface area contributed by atoms with E-state index >= 15 is 0 Å². The van der Waals surface area contributed by atoms with Gasteiger partial charge in [0.05, 0.1) is 6.54 Å². The van der Waals surface area contributed by atoms with Gasteiger partial charge in [-0.05, 0) is 25.6 Å². The highest BCUT2D eigenvalue weighted by Gasteiger charge is 2.05. The zero-order valence-corrected chi connectivity index (χ0v) is 11.7. The molecule has 4 nitrogen and oxygen atoms in total. The first-order chi connectivity index (χ1) is 9.19. The van der Waals surface area contributed by atoms with E-state index in [-0.39, 0.29) is 0 Å². The zero-order valence-electron chi connectivity index (χ0n) is 11.7. The van der Waals surface area contributed by atoms with Crippen LogP contribution in [0.2, 0.25) is 0 Å². The maximum atomic E-state index is 4.53. The van der Waals surface area contributed by atoms with Gasteiger partial charge in [0.25, 0.3) is 0 Å². The molecular weight excluding hydrogens is 236 g/mol. The summed E-state index contributed by atoms with van der Waals surface area (Å²) in [5.41, 5.74) is 2.57. The highest BCUT2D eigenvalue weighted by Crippen LogP contribution is 2.13. The molecule has 0 aliphatic heterocycles. The molecule has 100 valence electrons. The van der Waals surface area contributed by atoms with Crippen molar-refractivity contribution in [1.29, 1.82) is 0 Å². The Hall–Kier alpha value is -1.94. The van der Waals surface area contributed by atoms with Crippen LogP contribution in [-0.4, -0.2) is 24.1 Å². The molecule has 0 fully saturated rings. The first-order valence-electron chi connectivity index (χ1n) is 6.42. The Bertz CT molecular complexity index is 539. The predicted octanol–water partition coefficient (Wildman–Crippen LogP) is 2.14. The highest BCUT2D eigenvalue weighted by atomic mass is 15.2. The van der Waals surface area contributed by atoms with Crippen molar-refractivity contribution in [2.45, 2.75) is 20.0 Å². The van der Waals surface area contributed by atoms with Crippen LogP contribution in [0, 0.1) is 6.92 Å². The summed E-state index contributed by atoms with van der Waals surface area (Å²) >= 11 is 0. The molecule has 0 aliphatic rings. The number of nitrogens with one attached hydrogen (secondary N) is 1. The van der Waals surface area contributed by atoms with Crippen LogP contribution in [0.1, 0.15) is 17.0 Å². The average molecular weight is 256 g/mol. The maximum Gasteiger partial charge on any atom is 0.144 e. The SMILES string of the molecule is CNCc1nccc(N(C)Cc2cccc(C)c2)n1. The molecule has 2 rings (SSSR count). The normalized spacial score (nSPS) is 10.5. The minimum atomic E-state index is 0.687. The first kappa shape index (κ1) is 13.5. The number of aryl methyl sites for hydroxylation is 1. The quantitative estimate of drug-likeness (QED) is 0.890. The fourth-order valence-electron chi connectivity index (χ4n) is 2.01. The summed E-state index contributed by atoms with van der Waals surface area (Å²) in [4.78, 5) is 10.9. The number of aromatic nitrogens is 2. The van der Waals surface area contributed by atoms with Crippen molar-refractivity contribution in [2.24, 2.45) is 0 Å². The third kappa shape index (κ3) is 3.76. The van der Waals surface area contributed by atoms with E-state index in [0.717, 1.165) is 18.2 Å². The topological polar surface area (TPSA) is 41.1 Å². The zero-order chi connectivity index (χ0) is 13.7. The van der Waals surface area contributed by atoms with Crippen molar-refractivity contribution in [3.05, 3.63) is 53.5 Å². The fourth-order valence-corrected chi connectivity index (χ4v) is 2.01. The molecule has 1 aromatic carbocycles. The number of rotatable bonds is 5. The standard InChI is InChI=1S/C15H20N4/c1-12-5-4-6-13(9-12)11-19(3)15-7-8-17-14(18-15)10-16-2/h4-9,16H,10-11H2,1-3H3. The highest BCUT2D eigenvalue weighted by molar-refractivity contribution is 5.38. The van der Waals surface area contributed by atoms with E-state index in [2.05, 4.69) is 51.4 Å². The molecule has 0 saturated carbocycles. The summed E-state index contributed by atoms with van der Waals surface area (Å²) in [7, 11) is 3.94. The second kappa shape index (κ2) is 6.29. The molecule has 4 heteroatoms. The Kier molecular flexibility index (Phi) is 4.47. The molecular formula is C15H20N4. The second-order valence-corrected chi connectivity index (χ2v) is 4.71. The number of hydrogen-bond donors (Lipinski definition) is 1. The largest absolute Gasteiger partial charge is 0.355 e. The van der Waals surface area contributed by atoms with Crippen LogP contribution < -0.4 is 10.2 Å². The number of hydrogen-bond acceptors (Lipinski definition) is 4. The van der Waals surface area contributed by atoms with Crippen molar-refractivity contribution in [1.82, 2.24) is 15.3 Å². The molecule has 0 bridgehead atoms. The van der Waals surface area contributed by atoms with Gasteiger partial charge in [0.2, 0.25) is 0 Å². The Labute approximate surface area is 114 Å². The van der Waals surface area contributed by atoms with Crippen LogP contribution in [0.3, 0.4) is 0 Å². The minimum Gasteiger partial charge on any atom is -0.355 e. The average Bonchev–Trinajstić information content (AvgIpc) is 2.39. The fraction of sp³-hybridized carbons (Fsp3) is 0.333. The monoisotopic (exact) mass is 256 g/mol. The number of nitrogens with zero attached hydrogens (tertiary/aromatic N) is 3. The van der Waals surface area contributed by atoms with Gasteiger partial charge in [-0.1, -0.05) is 29.8 Å². The van der Waals surface area contributed by atoms with Gasteiger partial charge in [0.1, 0.15) is 11.6 Å². The van der Waals surface area contributed by atoms with E-state index in [1.165, 1.54) is 11.1 Å². The molecule has 0 spiro atoms. The van der Waals surface area contributed by atoms with E-state index in [4.69, 9.17) is 0 Å². The minimum absolute atomic E-state index is 0.687. The van der Waals surface area contributed by atoms with Crippen LogP contribution in [0.4, 0.5) is 5.82 Å². The van der Waals surface area contributed by atoms with E-state index in [1.807, 2.05) is 26.4 Å². The molecule has 0 atom stereocenters. The molecule has 2 aromatic rings. The smallest absolute Gasteiger partial charge is 0.144 e. The third-order valence-electron chi connectivity index (χ3n) is 2.92. The van der Waals surface area contributed by atoms with Gasteiger partial charge < -0.3 is 10.2 Å². The summed E-state index contributed by atoms with van der Waals surface area (Å²) in [6.45, 7) is 3.64. The summed E-state index contributed by atoms with van der Waals surface area (Å²) < 4.78 is 0. The van der Waals surface area contributed by atoms with E-state index < -0.39 is 0 Å². The first-order valence-corrected chi connectivity index (χ1v) is 6.42. The molecule has 1 aromatic heterocycles. The van der Waals surface area contributed by atoms with Crippen molar-refractivity contribution in [2.75, 3.05) is 19.0 Å². The Morgan fingerprint density at radius 3 is 2.84 bits per heavy atom. The summed E-state index contributed by atoms with van der Waals surface area (Å²) in [5, 5.41) is 3.06. The van der Waals surface area contributed by atoms with Gasteiger partial charge in [-0.25, -0.2) is 9.97 Å². The molecule has 0 aliphatic carbocycles. The molecule has 0 radical (unpaired) electrons. The Balaban J connectivity index is 2.11. The van der Waals surface area contributed by atoms with Crippen molar-refractivity contribution < 1.29 is 0 Å². The summed E-state index contributed by atoms with van der Waals surface area (Å²) in [6.07, 6.45) is 1.81. The Morgan fingerprint density at radius 2 is 2.11 bits per heavy atom. The lowest BCUT2D eigenvalue weighted by Crippen LogP contribution is -2.19. The summed E-state index contributed by atoms with van der Waals surface area (Å²) in [6, 6.07) is 10.5. The number of anilines is 1. The van der Waals surface area contributed by atoms with Crippen LogP contribution >= 0.6 is 0 Å². The van der Waals surface area contributed by atoms with Crippen molar-refractivity contribution in [3.63, 3.8) is 0 Å². The second-order valence-electron chi connectivity index (χ2n) is 4.71. The lowest BCUT2D eigenvalue weighted by Gasteiger charge is -2.18. The van der Waals surface area contributed by atoms with E-state index in [0.29, 0.717) is 6.54 Å². The van der Waals surface area contributed by atoms with Gasteiger partial charge in [-0.3, -0.25) is 0 Å². The van der Waals surface area contributed by atoms with Gasteiger partial charge >= 0.3 is 0 Å². The maximum absolute atomic E-state index is 4.53. The van der Waals surface area contributed by atoms with Gasteiger partial charge in [-0.15, -0.1) is 0 Å². The Morgan fingerprint density at radius 1 is 1.26 bits per heavy atom. The van der Waals surface area contributed by atoms with E-state index in [1.54, 1.807) is 0 Å². The third-order valence-corrected chi connectivity index (χ3v) is 2.92. The van der Waals surface area contributed by atoms with Crippen molar-refractivity contribution >= 4 is 5.82 Å². The molecule has 1 heterocycles. The van der Waals surface area contributed by atoms with Crippen LogP contribution in [-0.2, 0) is 13.1 Å².